The number of aliphatic hydroxyl groups excluding tert-OH is 8. The molecule has 4 aromatic rings. The maximum absolute atomic E-state index is 14.2. The van der Waals surface area contributed by atoms with Crippen LogP contribution in [0.4, 0.5) is 0 Å². The second-order valence-corrected chi connectivity index (χ2v) is 21.9. The third-order valence-corrected chi connectivity index (χ3v) is 16.2. The largest absolute Gasteiger partial charge is 0.457 e. The SMILES string of the molecule is C=C1Oc2ccccc2C=C1COC1C(O)[C@@H](OCC2CC(n3cc(-c4ccccc4)nn3)[C@@H](O[C@@H]3OC(C)[C@@H](O)[C@H](O)C3O)[C@H](O[C@@H]3O[C@@H](CO)[C@H](O)C(O[C@@H](CCC)C(=O)N4CCC4)C3OC(=O)c3ccccc3)C2)OC(CO)[C@H]1O. The molecule has 0 spiro atoms. The number of rotatable bonds is 21. The van der Waals surface area contributed by atoms with Crippen molar-refractivity contribution < 1.29 is 97.8 Å². The van der Waals surface area contributed by atoms with Gasteiger partial charge in [-0.1, -0.05) is 91.9 Å². The standard InChI is InChI=1S/C59H74N4O20/c1-4-14-41(55(72)62-21-13-22-62)78-53-47(68)44(28-65)81-59(54(53)82-56(73)35-17-9-6-10-18-35)79-42-24-33(29-75-57-50(71)52(46(67)43(27-64)80-57)74-30-37-25-36-19-11-12-20-40(36)76-31(37)2)23-39(63-26-38(60-61-63)34-15-7-5-8-16-34)51(42)83-58-49(70)48(69)45(66)32(3)77-58/h5-12,15-20,25-26,32-33,39,41-54,57-59,64-71H,2,4,13-14,21-24,27-30H2,1,3H3/t32?,33?,39?,41-,42+,43?,44-,45+,46+,47-,48-,49?,50?,51+,52?,53?,54?,57-,58-,59+/m0/s1. The van der Waals surface area contributed by atoms with Crippen molar-refractivity contribution in [1.29, 1.82) is 0 Å². The Morgan fingerprint density at radius 3 is 2.12 bits per heavy atom. The number of fused-ring (bicyclic) bond motifs is 1. The van der Waals surface area contributed by atoms with Gasteiger partial charge < -0.3 is 93.1 Å². The molecule has 24 heteroatoms. The van der Waals surface area contributed by atoms with Crippen molar-refractivity contribution in [2.75, 3.05) is 39.5 Å². The number of benzene rings is 3. The Morgan fingerprint density at radius 1 is 0.735 bits per heavy atom. The Hall–Kier alpha value is -5.62. The van der Waals surface area contributed by atoms with Gasteiger partial charge in [0.1, 0.15) is 90.5 Å². The summed E-state index contributed by atoms with van der Waals surface area (Å²) in [6.07, 6.45) is -21.5. The second kappa shape index (κ2) is 27.2. The number of aromatic nitrogens is 3. The molecule has 24 nitrogen and oxygen atoms in total. The Kier molecular flexibility index (Phi) is 19.8. The Bertz CT molecular complexity index is 2830. The van der Waals surface area contributed by atoms with Gasteiger partial charge in [0.15, 0.2) is 25.0 Å². The molecule has 10 rings (SSSR count). The maximum Gasteiger partial charge on any atom is 0.338 e. The lowest BCUT2D eigenvalue weighted by Crippen LogP contribution is -2.64. The smallest absolute Gasteiger partial charge is 0.338 e. The summed E-state index contributed by atoms with van der Waals surface area (Å²) in [7, 11) is 0. The summed E-state index contributed by atoms with van der Waals surface area (Å²) in [5, 5.41) is 99.0. The first-order valence-electron chi connectivity index (χ1n) is 28.3. The van der Waals surface area contributed by atoms with E-state index in [1.165, 1.54) is 23.7 Å². The fourth-order valence-corrected chi connectivity index (χ4v) is 11.3. The van der Waals surface area contributed by atoms with Crippen LogP contribution in [0.2, 0.25) is 0 Å². The molecule has 1 amide bonds. The topological polar surface area (TPSA) is 322 Å². The van der Waals surface area contributed by atoms with Gasteiger partial charge in [-0.3, -0.25) is 4.79 Å². The summed E-state index contributed by atoms with van der Waals surface area (Å²) in [4.78, 5) is 29.8. The van der Waals surface area contributed by atoms with Crippen LogP contribution in [0, 0.1) is 5.92 Å². The van der Waals surface area contributed by atoms with E-state index in [2.05, 4.69) is 16.9 Å². The Balaban J connectivity index is 0.997. The number of hydrogen-bond donors (Lipinski definition) is 8. The van der Waals surface area contributed by atoms with Crippen molar-refractivity contribution >= 4 is 18.0 Å². The molecule has 83 heavy (non-hydrogen) atoms. The predicted octanol–water partition coefficient (Wildman–Crippen LogP) is 1.41. The highest BCUT2D eigenvalue weighted by Crippen LogP contribution is 2.42. The minimum Gasteiger partial charge on any atom is -0.457 e. The van der Waals surface area contributed by atoms with Gasteiger partial charge in [0, 0.05) is 29.8 Å². The molecule has 1 aliphatic carbocycles. The van der Waals surface area contributed by atoms with E-state index in [0.29, 0.717) is 47.8 Å². The van der Waals surface area contributed by atoms with Crippen molar-refractivity contribution in [3.63, 3.8) is 0 Å². The Labute approximate surface area is 479 Å². The fourth-order valence-electron chi connectivity index (χ4n) is 11.3. The second-order valence-electron chi connectivity index (χ2n) is 21.9. The van der Waals surface area contributed by atoms with Crippen LogP contribution in [0.25, 0.3) is 17.3 Å². The van der Waals surface area contributed by atoms with E-state index < -0.39 is 142 Å². The number of amides is 1. The van der Waals surface area contributed by atoms with Gasteiger partial charge in [-0.05, 0) is 62.8 Å². The van der Waals surface area contributed by atoms with Crippen LogP contribution >= 0.6 is 0 Å². The number of hydrogen-bond acceptors (Lipinski definition) is 22. The number of carbonyl (C=O) groups is 2. The van der Waals surface area contributed by atoms with Crippen LogP contribution in [-0.4, -0.2) is 223 Å². The molecule has 450 valence electrons. The van der Waals surface area contributed by atoms with Crippen LogP contribution in [0.15, 0.2) is 109 Å². The van der Waals surface area contributed by atoms with Crippen molar-refractivity contribution in [2.45, 2.75) is 162 Å². The number of ether oxygens (including phenoxy) is 10. The number of nitrogens with zero attached hydrogens (tertiary/aromatic N) is 4. The number of aliphatic hydroxyl groups is 8. The molecule has 1 saturated carbocycles. The molecule has 4 saturated heterocycles. The zero-order valence-electron chi connectivity index (χ0n) is 46.0. The van der Waals surface area contributed by atoms with Crippen LogP contribution in [0.3, 0.4) is 0 Å². The first-order chi connectivity index (χ1) is 40.1. The summed E-state index contributed by atoms with van der Waals surface area (Å²) in [5.74, 6) is -0.934. The van der Waals surface area contributed by atoms with E-state index in [0.717, 1.165) is 12.0 Å². The number of esters is 1. The molecule has 8 N–H and O–H groups in total. The van der Waals surface area contributed by atoms with E-state index in [4.69, 9.17) is 47.4 Å². The van der Waals surface area contributed by atoms with E-state index in [1.54, 1.807) is 35.4 Å². The highest BCUT2D eigenvalue weighted by atomic mass is 16.8. The van der Waals surface area contributed by atoms with Gasteiger partial charge in [0.05, 0.1) is 56.4 Å². The number of likely N-dealkylation sites (tertiary alicyclic amines) is 1. The summed E-state index contributed by atoms with van der Waals surface area (Å²) >= 11 is 0. The van der Waals surface area contributed by atoms with Gasteiger partial charge in [0.2, 0.25) is 0 Å². The molecule has 5 aliphatic heterocycles. The first kappa shape index (κ1) is 60.5. The van der Waals surface area contributed by atoms with Crippen LogP contribution in [0.1, 0.15) is 67.9 Å². The normalized spacial score (nSPS) is 34.9. The number of carbonyl (C=O) groups excluding carboxylic acids is 2. The molecular weight excluding hydrogens is 1080 g/mol. The summed E-state index contributed by atoms with van der Waals surface area (Å²) < 4.78 is 65.1. The summed E-state index contributed by atoms with van der Waals surface area (Å²) in [5.41, 5.74) is 2.60. The molecule has 5 fully saturated rings. The average molecular weight is 1160 g/mol. The molecule has 0 radical (unpaired) electrons. The molecule has 0 bridgehead atoms. The van der Waals surface area contributed by atoms with Crippen LogP contribution < -0.4 is 4.74 Å². The Morgan fingerprint density at radius 2 is 1.42 bits per heavy atom. The van der Waals surface area contributed by atoms with Crippen molar-refractivity contribution in [2.24, 2.45) is 5.92 Å². The van der Waals surface area contributed by atoms with Gasteiger partial charge in [-0.2, -0.15) is 0 Å². The average Bonchev–Trinajstić information content (AvgIpc) is 3.83. The van der Waals surface area contributed by atoms with Gasteiger partial charge in [-0.25, -0.2) is 9.48 Å². The zero-order chi connectivity index (χ0) is 58.5. The summed E-state index contributed by atoms with van der Waals surface area (Å²) in [6, 6.07) is 23.6. The minimum absolute atomic E-state index is 0.0412. The third-order valence-electron chi connectivity index (χ3n) is 16.2. The van der Waals surface area contributed by atoms with Crippen LogP contribution in [-0.2, 0) is 47.4 Å². The lowest BCUT2D eigenvalue weighted by Gasteiger charge is -2.49. The summed E-state index contributed by atoms with van der Waals surface area (Å²) in [6.45, 7) is 6.55. The van der Waals surface area contributed by atoms with E-state index in [1.807, 2.05) is 61.5 Å². The molecule has 6 aliphatic rings. The first-order valence-corrected chi connectivity index (χ1v) is 28.3. The van der Waals surface area contributed by atoms with Gasteiger partial charge in [0.25, 0.3) is 5.91 Å². The molecule has 20 atom stereocenters. The highest BCUT2D eigenvalue weighted by Gasteiger charge is 2.55. The molecular formula is C59H74N4O20. The molecule has 6 heterocycles. The zero-order valence-corrected chi connectivity index (χ0v) is 46.0. The van der Waals surface area contributed by atoms with Crippen molar-refractivity contribution in [1.82, 2.24) is 19.9 Å². The van der Waals surface area contributed by atoms with Crippen molar-refractivity contribution in [3.05, 3.63) is 120 Å². The highest BCUT2D eigenvalue weighted by molar-refractivity contribution is 5.89. The number of para-hydroxylation sites is 1. The monoisotopic (exact) mass is 1160 g/mol. The molecule has 9 unspecified atom stereocenters. The van der Waals surface area contributed by atoms with E-state index >= 15 is 0 Å². The lowest BCUT2D eigenvalue weighted by molar-refractivity contribution is -0.350. The van der Waals surface area contributed by atoms with E-state index in [9.17, 15) is 50.4 Å². The van der Waals surface area contributed by atoms with Gasteiger partial charge >= 0.3 is 5.97 Å². The van der Waals surface area contributed by atoms with Crippen LogP contribution in [0.5, 0.6) is 5.75 Å². The third kappa shape index (κ3) is 13.4. The van der Waals surface area contributed by atoms with Gasteiger partial charge in [-0.15, -0.1) is 5.10 Å². The molecule has 3 aromatic carbocycles. The molecule has 1 aromatic heterocycles. The predicted molar refractivity (Wildman–Crippen MR) is 289 cm³/mol. The lowest BCUT2D eigenvalue weighted by atomic mass is 9.81. The quantitative estimate of drug-likeness (QED) is 0.0547. The fraction of sp³-hybridized carbons (Fsp3) is 0.559. The minimum atomic E-state index is -1.80. The maximum atomic E-state index is 14.2. The van der Waals surface area contributed by atoms with Crippen molar-refractivity contribution in [3.8, 4) is 17.0 Å². The van der Waals surface area contributed by atoms with E-state index in [-0.39, 0.29) is 43.9 Å².